The lowest BCUT2D eigenvalue weighted by Gasteiger charge is -2.35. The van der Waals surface area contributed by atoms with Gasteiger partial charge in [0.25, 0.3) is 0 Å². The first kappa shape index (κ1) is 23.5. The molecule has 2 aromatic rings. The highest BCUT2D eigenvalue weighted by atomic mass is 16.5. The first-order valence-corrected chi connectivity index (χ1v) is 11.1. The number of aryl methyl sites for hydroxylation is 1. The number of carbonyl (C=O) groups excluding carboxylic acids is 3. The summed E-state index contributed by atoms with van der Waals surface area (Å²) in [6.07, 6.45) is 1.32. The molecule has 170 valence electrons. The minimum Gasteiger partial charge on any atom is -0.461 e. The minimum absolute atomic E-state index is 0.0633. The summed E-state index contributed by atoms with van der Waals surface area (Å²) in [5, 5.41) is 0. The Balaban J connectivity index is 1.32. The molecule has 0 saturated carbocycles. The van der Waals surface area contributed by atoms with Crippen molar-refractivity contribution in [1.29, 1.82) is 0 Å². The number of nitrogens with two attached hydrogens (primary N) is 1. The van der Waals surface area contributed by atoms with Crippen LogP contribution in [0, 0.1) is 0 Å². The second-order valence-electron chi connectivity index (χ2n) is 7.93. The number of esters is 1. The summed E-state index contributed by atoms with van der Waals surface area (Å²) in [5.41, 5.74) is 8.72. The Hall–Kier alpha value is -3.19. The van der Waals surface area contributed by atoms with Gasteiger partial charge in [0.05, 0.1) is 6.42 Å². The molecule has 1 heterocycles. The predicted octanol–water partition coefficient (Wildman–Crippen LogP) is 2.27. The molecular formula is C25H31N3O4. The van der Waals surface area contributed by atoms with Gasteiger partial charge in [-0.15, -0.1) is 0 Å². The molecule has 0 radical (unpaired) electrons. The lowest BCUT2D eigenvalue weighted by molar-refractivity contribution is -0.147. The lowest BCUT2D eigenvalue weighted by atomic mass is 10.1. The van der Waals surface area contributed by atoms with E-state index in [0.29, 0.717) is 45.6 Å². The molecule has 7 heteroatoms. The molecule has 0 aromatic heterocycles. The Bertz CT molecular complexity index is 891. The average Bonchev–Trinajstić information content (AvgIpc) is 2.85. The number of benzene rings is 2. The van der Waals surface area contributed by atoms with Crippen molar-refractivity contribution in [3.8, 4) is 0 Å². The predicted molar refractivity (Wildman–Crippen MR) is 121 cm³/mol. The number of nitrogens with zero attached hydrogens (tertiary/aromatic N) is 2. The van der Waals surface area contributed by atoms with Crippen molar-refractivity contribution in [1.82, 2.24) is 9.80 Å². The molecule has 1 fully saturated rings. The van der Waals surface area contributed by atoms with Crippen molar-refractivity contribution in [2.24, 2.45) is 5.73 Å². The van der Waals surface area contributed by atoms with Gasteiger partial charge >= 0.3 is 5.97 Å². The van der Waals surface area contributed by atoms with Crippen molar-refractivity contribution in [2.45, 2.75) is 38.8 Å². The average molecular weight is 438 g/mol. The summed E-state index contributed by atoms with van der Waals surface area (Å²) < 4.78 is 5.22. The monoisotopic (exact) mass is 437 g/mol. The maximum absolute atomic E-state index is 12.5. The van der Waals surface area contributed by atoms with Gasteiger partial charge in [0.1, 0.15) is 6.61 Å². The van der Waals surface area contributed by atoms with Crippen LogP contribution in [-0.4, -0.2) is 53.8 Å². The van der Waals surface area contributed by atoms with Gasteiger partial charge in [0, 0.05) is 45.6 Å². The van der Waals surface area contributed by atoms with Gasteiger partial charge in [-0.3, -0.25) is 14.4 Å². The largest absolute Gasteiger partial charge is 0.461 e. The summed E-state index contributed by atoms with van der Waals surface area (Å²) in [5.74, 6) is -0.353. The molecule has 1 aliphatic heterocycles. The summed E-state index contributed by atoms with van der Waals surface area (Å²) in [6.45, 7) is 2.76. The lowest BCUT2D eigenvalue weighted by Crippen LogP contribution is -2.50. The molecule has 0 bridgehead atoms. The fourth-order valence-corrected chi connectivity index (χ4v) is 3.63. The van der Waals surface area contributed by atoms with Crippen molar-refractivity contribution < 1.29 is 19.1 Å². The molecule has 0 aliphatic carbocycles. The molecular weight excluding hydrogens is 406 g/mol. The highest BCUT2D eigenvalue weighted by Gasteiger charge is 2.24. The third kappa shape index (κ3) is 7.20. The van der Waals surface area contributed by atoms with Gasteiger partial charge in [-0.2, -0.15) is 0 Å². The van der Waals surface area contributed by atoms with Gasteiger partial charge in [0.2, 0.25) is 11.8 Å². The fraction of sp³-hybridized carbons (Fsp3) is 0.400. The zero-order valence-electron chi connectivity index (χ0n) is 18.4. The van der Waals surface area contributed by atoms with E-state index < -0.39 is 0 Å². The van der Waals surface area contributed by atoms with Gasteiger partial charge in [-0.05, 0) is 23.1 Å². The summed E-state index contributed by atoms with van der Waals surface area (Å²) >= 11 is 0. The van der Waals surface area contributed by atoms with Crippen LogP contribution in [0.1, 0.15) is 36.0 Å². The second-order valence-corrected chi connectivity index (χ2v) is 7.93. The Morgan fingerprint density at radius 1 is 0.719 bits per heavy atom. The van der Waals surface area contributed by atoms with E-state index in [1.54, 1.807) is 4.90 Å². The first-order chi connectivity index (χ1) is 15.5. The molecule has 1 saturated heterocycles. The van der Waals surface area contributed by atoms with E-state index in [-0.39, 0.29) is 37.2 Å². The van der Waals surface area contributed by atoms with Gasteiger partial charge < -0.3 is 20.3 Å². The quantitative estimate of drug-likeness (QED) is 0.608. The van der Waals surface area contributed by atoms with Crippen LogP contribution in [-0.2, 0) is 38.7 Å². The van der Waals surface area contributed by atoms with Crippen LogP contribution in [0.15, 0.2) is 54.6 Å². The highest BCUT2D eigenvalue weighted by molar-refractivity contribution is 5.82. The van der Waals surface area contributed by atoms with Crippen LogP contribution in [0.3, 0.4) is 0 Å². The van der Waals surface area contributed by atoms with E-state index in [1.165, 1.54) is 0 Å². The number of piperazine rings is 1. The molecule has 7 nitrogen and oxygen atoms in total. The molecule has 32 heavy (non-hydrogen) atoms. The van der Waals surface area contributed by atoms with E-state index >= 15 is 0 Å². The van der Waals surface area contributed by atoms with E-state index in [0.717, 1.165) is 16.7 Å². The standard InChI is InChI=1S/C25H31N3O4/c26-18-21-8-6-20(7-9-21)10-11-23(29)27-14-16-28(17-15-27)24(30)12-13-25(31)32-19-22-4-2-1-3-5-22/h1-9H,10-19,26H2. The van der Waals surface area contributed by atoms with Gasteiger partial charge in [-0.25, -0.2) is 0 Å². The van der Waals surface area contributed by atoms with Crippen molar-refractivity contribution in [2.75, 3.05) is 26.2 Å². The summed E-state index contributed by atoms with van der Waals surface area (Å²) in [7, 11) is 0. The molecule has 1 aliphatic rings. The molecule has 2 aromatic carbocycles. The summed E-state index contributed by atoms with van der Waals surface area (Å²) in [4.78, 5) is 40.4. The first-order valence-electron chi connectivity index (χ1n) is 11.1. The van der Waals surface area contributed by atoms with E-state index in [2.05, 4.69) is 0 Å². The Morgan fingerprint density at radius 3 is 1.88 bits per heavy atom. The Morgan fingerprint density at radius 2 is 1.28 bits per heavy atom. The van der Waals surface area contributed by atoms with E-state index in [1.807, 2.05) is 59.5 Å². The number of carbonyl (C=O) groups is 3. The van der Waals surface area contributed by atoms with Gasteiger partial charge in [0.15, 0.2) is 0 Å². The van der Waals surface area contributed by atoms with Crippen LogP contribution in [0.5, 0.6) is 0 Å². The van der Waals surface area contributed by atoms with Crippen LogP contribution in [0.2, 0.25) is 0 Å². The number of ether oxygens (including phenoxy) is 1. The van der Waals surface area contributed by atoms with E-state index in [4.69, 9.17) is 10.5 Å². The van der Waals surface area contributed by atoms with Crippen molar-refractivity contribution >= 4 is 17.8 Å². The van der Waals surface area contributed by atoms with Crippen LogP contribution in [0.4, 0.5) is 0 Å². The third-order valence-corrected chi connectivity index (χ3v) is 5.66. The maximum atomic E-state index is 12.5. The maximum Gasteiger partial charge on any atom is 0.306 e. The molecule has 2 N–H and O–H groups in total. The molecule has 2 amide bonds. The molecule has 0 spiro atoms. The smallest absolute Gasteiger partial charge is 0.306 e. The van der Waals surface area contributed by atoms with Crippen LogP contribution in [0.25, 0.3) is 0 Å². The Kier molecular flexibility index (Phi) is 8.80. The number of hydrogen-bond donors (Lipinski definition) is 1. The second kappa shape index (κ2) is 12.0. The number of hydrogen-bond acceptors (Lipinski definition) is 5. The van der Waals surface area contributed by atoms with Crippen molar-refractivity contribution in [3.05, 3.63) is 71.3 Å². The molecule has 0 atom stereocenters. The highest BCUT2D eigenvalue weighted by Crippen LogP contribution is 2.11. The summed E-state index contributed by atoms with van der Waals surface area (Å²) in [6, 6.07) is 17.4. The minimum atomic E-state index is -0.379. The van der Waals surface area contributed by atoms with Crippen LogP contribution < -0.4 is 5.73 Å². The topological polar surface area (TPSA) is 92.9 Å². The van der Waals surface area contributed by atoms with E-state index in [9.17, 15) is 14.4 Å². The van der Waals surface area contributed by atoms with Crippen molar-refractivity contribution in [3.63, 3.8) is 0 Å². The fourth-order valence-electron chi connectivity index (χ4n) is 3.63. The SMILES string of the molecule is NCc1ccc(CCC(=O)N2CCN(C(=O)CCC(=O)OCc3ccccc3)CC2)cc1. The van der Waals surface area contributed by atoms with Crippen LogP contribution >= 0.6 is 0 Å². The van der Waals surface area contributed by atoms with Gasteiger partial charge in [-0.1, -0.05) is 54.6 Å². The number of rotatable bonds is 9. The molecule has 0 unspecified atom stereocenters. The number of amides is 2. The zero-order valence-corrected chi connectivity index (χ0v) is 18.4. The third-order valence-electron chi connectivity index (χ3n) is 5.66. The molecule has 3 rings (SSSR count). The Labute approximate surface area is 189 Å². The zero-order chi connectivity index (χ0) is 22.8. The normalized spacial score (nSPS) is 13.7.